The first-order valence-electron chi connectivity index (χ1n) is 6.69. The van der Waals surface area contributed by atoms with Crippen LogP contribution in [0.4, 0.5) is 0 Å². The Labute approximate surface area is 139 Å². The van der Waals surface area contributed by atoms with Crippen molar-refractivity contribution in [2.45, 2.75) is 6.42 Å². The zero-order chi connectivity index (χ0) is 14.6. The second-order valence-corrected chi connectivity index (χ2v) is 6.78. The van der Waals surface area contributed by atoms with Gasteiger partial charge in [-0.15, -0.1) is 0 Å². The fourth-order valence-electron chi connectivity index (χ4n) is 3.06. The van der Waals surface area contributed by atoms with Crippen molar-refractivity contribution in [2.75, 3.05) is 0 Å². The van der Waals surface area contributed by atoms with Crippen LogP contribution in [0.2, 0.25) is 0 Å². The molecule has 3 aromatic rings. The van der Waals surface area contributed by atoms with Gasteiger partial charge in [0.05, 0.1) is 0 Å². The molecule has 0 saturated carbocycles. The fourth-order valence-corrected chi connectivity index (χ4v) is 4.20. The summed E-state index contributed by atoms with van der Waals surface area (Å²) < 4.78 is 2.00. The number of fused-ring (bicyclic) bond motifs is 4. The lowest BCUT2D eigenvalue weighted by molar-refractivity contribution is 0.103. The zero-order valence-electron chi connectivity index (χ0n) is 11.0. The van der Waals surface area contributed by atoms with Crippen molar-refractivity contribution in [3.8, 4) is 0 Å². The van der Waals surface area contributed by atoms with Crippen LogP contribution in [0, 0.1) is 0 Å². The highest BCUT2D eigenvalue weighted by molar-refractivity contribution is 9.13. The van der Waals surface area contributed by atoms with Gasteiger partial charge in [0.15, 0.2) is 5.78 Å². The second-order valence-electron chi connectivity index (χ2n) is 5.19. The van der Waals surface area contributed by atoms with E-state index in [1.165, 1.54) is 0 Å². The van der Waals surface area contributed by atoms with Gasteiger partial charge in [0.1, 0.15) is 0 Å². The number of hydrogen-bond acceptors (Lipinski definition) is 1. The average molecular weight is 402 g/mol. The zero-order valence-corrected chi connectivity index (χ0v) is 14.2. The van der Waals surface area contributed by atoms with Gasteiger partial charge in [-0.25, -0.2) is 0 Å². The molecule has 0 unspecified atom stereocenters. The molecule has 3 heteroatoms. The molecule has 102 valence electrons. The molecule has 0 amide bonds. The van der Waals surface area contributed by atoms with Gasteiger partial charge in [-0.2, -0.15) is 0 Å². The fraction of sp³-hybridized carbons (Fsp3) is 0.0556. The van der Waals surface area contributed by atoms with E-state index in [-0.39, 0.29) is 5.78 Å². The quantitative estimate of drug-likeness (QED) is 0.380. The third-order valence-electron chi connectivity index (χ3n) is 4.05. The number of halogens is 2. The highest BCUT2D eigenvalue weighted by Crippen LogP contribution is 2.42. The molecular formula is C18H10Br2O. The van der Waals surface area contributed by atoms with E-state index in [9.17, 15) is 4.79 Å². The summed E-state index contributed by atoms with van der Waals surface area (Å²) in [4.78, 5) is 12.9. The highest BCUT2D eigenvalue weighted by atomic mass is 79.9. The molecule has 0 saturated heterocycles. The normalized spacial score (nSPS) is 13.1. The van der Waals surface area contributed by atoms with Crippen molar-refractivity contribution in [1.29, 1.82) is 0 Å². The van der Waals surface area contributed by atoms with Crippen molar-refractivity contribution >= 4 is 48.4 Å². The van der Waals surface area contributed by atoms with E-state index in [4.69, 9.17) is 0 Å². The van der Waals surface area contributed by atoms with E-state index in [1.54, 1.807) is 0 Å². The van der Waals surface area contributed by atoms with Crippen molar-refractivity contribution < 1.29 is 4.79 Å². The van der Waals surface area contributed by atoms with E-state index in [0.717, 1.165) is 48.4 Å². The van der Waals surface area contributed by atoms with Gasteiger partial charge < -0.3 is 0 Å². The van der Waals surface area contributed by atoms with Crippen LogP contribution in [0.25, 0.3) is 10.8 Å². The summed E-state index contributed by atoms with van der Waals surface area (Å²) >= 11 is 7.33. The van der Waals surface area contributed by atoms with Crippen molar-refractivity contribution in [1.82, 2.24) is 0 Å². The summed E-state index contributed by atoms with van der Waals surface area (Å²) in [7, 11) is 0. The Morgan fingerprint density at radius 3 is 2.29 bits per heavy atom. The molecule has 0 aromatic heterocycles. The minimum Gasteiger partial charge on any atom is -0.289 e. The van der Waals surface area contributed by atoms with E-state index < -0.39 is 0 Å². The van der Waals surface area contributed by atoms with Crippen molar-refractivity contribution in [2.24, 2.45) is 0 Å². The summed E-state index contributed by atoms with van der Waals surface area (Å²) in [6, 6.07) is 15.9. The Morgan fingerprint density at radius 1 is 0.810 bits per heavy atom. The summed E-state index contributed by atoms with van der Waals surface area (Å²) in [5.74, 6) is 0.122. The Morgan fingerprint density at radius 2 is 1.48 bits per heavy atom. The highest BCUT2D eigenvalue weighted by Gasteiger charge is 2.28. The van der Waals surface area contributed by atoms with Crippen LogP contribution >= 0.6 is 31.9 Å². The molecule has 21 heavy (non-hydrogen) atoms. The van der Waals surface area contributed by atoms with Crippen LogP contribution < -0.4 is 0 Å². The monoisotopic (exact) mass is 400 g/mol. The van der Waals surface area contributed by atoms with Crippen LogP contribution in [0.15, 0.2) is 57.5 Å². The van der Waals surface area contributed by atoms with E-state index in [0.29, 0.717) is 0 Å². The molecule has 1 aliphatic rings. The van der Waals surface area contributed by atoms with E-state index in [2.05, 4.69) is 31.9 Å². The molecule has 0 spiro atoms. The number of rotatable bonds is 0. The largest absolute Gasteiger partial charge is 0.289 e. The Balaban J connectivity index is 2.14. The Bertz CT molecular complexity index is 912. The van der Waals surface area contributed by atoms with Crippen LogP contribution in [0.3, 0.4) is 0 Å². The number of carbonyl (C=O) groups is 1. The van der Waals surface area contributed by atoms with Gasteiger partial charge in [-0.3, -0.25) is 4.79 Å². The molecule has 4 rings (SSSR count). The summed E-state index contributed by atoms with van der Waals surface area (Å²) in [6.07, 6.45) is 0.779. The van der Waals surface area contributed by atoms with Crippen molar-refractivity contribution in [3.05, 3.63) is 79.7 Å². The molecule has 0 aliphatic heterocycles. The number of hydrogen-bond donors (Lipinski definition) is 0. The topological polar surface area (TPSA) is 17.1 Å². The first-order chi connectivity index (χ1) is 10.2. The van der Waals surface area contributed by atoms with E-state index in [1.807, 2.05) is 48.5 Å². The Hall–Kier alpha value is -1.45. The second kappa shape index (κ2) is 4.79. The molecule has 0 bridgehead atoms. The third-order valence-corrected chi connectivity index (χ3v) is 6.28. The standard InChI is InChI=1S/C18H10Br2O/c19-16-13-8-4-3-7-12(13)15-14(17(16)20)9-10-5-1-2-6-11(10)18(15)21/h1-8H,9H2. The maximum atomic E-state index is 12.9. The van der Waals surface area contributed by atoms with Crippen LogP contribution in [-0.4, -0.2) is 5.78 Å². The maximum absolute atomic E-state index is 12.9. The average Bonchev–Trinajstić information content (AvgIpc) is 2.52. The summed E-state index contributed by atoms with van der Waals surface area (Å²) in [6.45, 7) is 0. The number of ketones is 1. The lowest BCUT2D eigenvalue weighted by Gasteiger charge is -2.22. The van der Waals surface area contributed by atoms with Gasteiger partial charge in [-0.1, -0.05) is 48.5 Å². The molecule has 0 N–H and O–H groups in total. The molecule has 1 nitrogen and oxygen atoms in total. The summed E-state index contributed by atoms with van der Waals surface area (Å²) in [5.41, 5.74) is 3.82. The number of carbonyl (C=O) groups excluding carboxylic acids is 1. The molecule has 0 radical (unpaired) electrons. The van der Waals surface area contributed by atoms with Crippen LogP contribution in [0.1, 0.15) is 27.0 Å². The minimum atomic E-state index is 0.122. The van der Waals surface area contributed by atoms with Gasteiger partial charge in [0.25, 0.3) is 0 Å². The SMILES string of the molecule is O=C1c2ccccc2Cc2c(Br)c(Br)c3ccccc3c21. The predicted octanol–water partition coefficient (Wildman–Crippen LogP) is 5.50. The van der Waals surface area contributed by atoms with Gasteiger partial charge in [0, 0.05) is 26.5 Å². The minimum absolute atomic E-state index is 0.122. The lowest BCUT2D eigenvalue weighted by Crippen LogP contribution is -2.16. The number of benzene rings is 3. The summed E-state index contributed by atoms with van der Waals surface area (Å²) in [5, 5.41) is 2.08. The van der Waals surface area contributed by atoms with E-state index >= 15 is 0 Å². The molecule has 0 atom stereocenters. The molecular weight excluding hydrogens is 392 g/mol. The molecule has 0 fully saturated rings. The van der Waals surface area contributed by atoms with Crippen LogP contribution in [-0.2, 0) is 6.42 Å². The van der Waals surface area contributed by atoms with Crippen LogP contribution in [0.5, 0.6) is 0 Å². The molecule has 0 heterocycles. The predicted molar refractivity (Wildman–Crippen MR) is 92.0 cm³/mol. The van der Waals surface area contributed by atoms with Gasteiger partial charge >= 0.3 is 0 Å². The molecule has 1 aliphatic carbocycles. The van der Waals surface area contributed by atoms with Gasteiger partial charge in [-0.05, 0) is 53.8 Å². The first-order valence-corrected chi connectivity index (χ1v) is 8.28. The first kappa shape index (κ1) is 13.2. The van der Waals surface area contributed by atoms with Crippen molar-refractivity contribution in [3.63, 3.8) is 0 Å². The Kier molecular flexibility index (Phi) is 3.02. The van der Waals surface area contributed by atoms with Gasteiger partial charge in [0.2, 0.25) is 0 Å². The lowest BCUT2D eigenvalue weighted by atomic mass is 9.82. The molecule has 3 aromatic carbocycles. The smallest absolute Gasteiger partial charge is 0.194 e. The third kappa shape index (κ3) is 1.84. The maximum Gasteiger partial charge on any atom is 0.194 e.